The molecule has 0 aliphatic carbocycles. The molecule has 1 fully saturated rings. The van der Waals surface area contributed by atoms with E-state index in [0.717, 1.165) is 25.7 Å². The van der Waals surface area contributed by atoms with Gasteiger partial charge in [0.15, 0.2) is 0 Å². The molecule has 14 heteroatoms. The molecule has 0 aromatic rings. The monoisotopic (exact) mass is 710 g/mol. The van der Waals surface area contributed by atoms with Crippen LogP contribution in [-0.4, -0.2) is 97.4 Å². The van der Waals surface area contributed by atoms with Crippen LogP contribution in [0.3, 0.4) is 0 Å². The summed E-state index contributed by atoms with van der Waals surface area (Å²) in [5, 5.41) is 10.6. The molecule has 1 rings (SSSR count). The van der Waals surface area contributed by atoms with Crippen LogP contribution in [0.2, 0.25) is 0 Å². The number of cyclic esters (lactones) is 1. The second-order valence-electron chi connectivity index (χ2n) is 14.2. The average molecular weight is 710 g/mol. The van der Waals surface area contributed by atoms with Crippen LogP contribution in [-0.2, 0) is 33.5 Å². The highest BCUT2D eigenvalue weighted by molar-refractivity contribution is 5.96. The van der Waals surface area contributed by atoms with E-state index in [-0.39, 0.29) is 37.3 Å². The van der Waals surface area contributed by atoms with Crippen molar-refractivity contribution in [2.75, 3.05) is 26.7 Å². The molecule has 50 heavy (non-hydrogen) atoms. The first kappa shape index (κ1) is 44.8. The third-order valence-corrected chi connectivity index (χ3v) is 9.54. The highest BCUT2D eigenvalue weighted by Crippen LogP contribution is 2.22. The number of hydrogen-bond acceptors (Lipinski definition) is 9. The molecule has 0 unspecified atom stereocenters. The molecule has 0 spiro atoms. The van der Waals surface area contributed by atoms with Crippen molar-refractivity contribution in [3.63, 3.8) is 0 Å². The largest absolute Gasteiger partial charge is 0.460 e. The summed E-state index contributed by atoms with van der Waals surface area (Å²) in [6, 6.07) is -4.29. The van der Waals surface area contributed by atoms with Gasteiger partial charge in [0.25, 0.3) is 0 Å². The molecule has 1 heterocycles. The molecule has 1 saturated heterocycles. The number of unbranched alkanes of at least 4 members (excludes halogenated alkanes) is 7. The van der Waals surface area contributed by atoms with Gasteiger partial charge < -0.3 is 42.4 Å². The van der Waals surface area contributed by atoms with Crippen molar-refractivity contribution in [3.8, 4) is 0 Å². The van der Waals surface area contributed by atoms with Crippen LogP contribution in [0.5, 0.6) is 0 Å². The quantitative estimate of drug-likeness (QED) is 0.102. The first-order chi connectivity index (χ1) is 23.7. The Morgan fingerprint density at radius 3 is 1.94 bits per heavy atom. The maximum Gasteiger partial charge on any atom is 0.325 e. The zero-order valence-corrected chi connectivity index (χ0v) is 31.7. The van der Waals surface area contributed by atoms with Crippen LogP contribution in [0.25, 0.3) is 0 Å². The topological polar surface area (TPSA) is 215 Å². The minimum Gasteiger partial charge on any atom is -0.460 e. The van der Waals surface area contributed by atoms with Crippen molar-refractivity contribution in [1.82, 2.24) is 26.2 Å². The summed E-state index contributed by atoms with van der Waals surface area (Å²) in [7, 11) is 1.55. The van der Waals surface area contributed by atoms with Gasteiger partial charge in [-0.05, 0) is 44.1 Å². The minimum atomic E-state index is -1.22. The average Bonchev–Trinajstić information content (AvgIpc) is 3.08. The summed E-state index contributed by atoms with van der Waals surface area (Å²) in [6.07, 6.45) is 9.09. The molecule has 0 bridgehead atoms. The van der Waals surface area contributed by atoms with E-state index in [1.54, 1.807) is 20.9 Å². The van der Waals surface area contributed by atoms with E-state index >= 15 is 0 Å². The smallest absolute Gasteiger partial charge is 0.325 e. The summed E-state index contributed by atoms with van der Waals surface area (Å²) in [6.45, 7) is 10.7. The molecule has 0 aromatic heterocycles. The number of likely N-dealkylation sites (N-methyl/N-ethyl adjacent to an activating group) is 1. The van der Waals surface area contributed by atoms with Crippen LogP contribution < -0.4 is 32.7 Å². The Balaban J connectivity index is 3.49. The Morgan fingerprint density at radius 1 is 0.780 bits per heavy atom. The van der Waals surface area contributed by atoms with Crippen LogP contribution in [0.4, 0.5) is 0 Å². The molecule has 14 nitrogen and oxygen atoms in total. The van der Waals surface area contributed by atoms with Gasteiger partial charge in [0.1, 0.15) is 36.8 Å². The third kappa shape index (κ3) is 15.3. The fourth-order valence-electron chi connectivity index (χ4n) is 6.06. The summed E-state index contributed by atoms with van der Waals surface area (Å²) < 4.78 is 5.84. The molecule has 288 valence electrons. The standard InChI is InChI=1S/C36H67N7O7/c1-8-10-11-12-13-14-15-16-17-29-25(6)36(49)43(7)28(20-23(3)4)34(47)42-31(24(5)9-2)35(48)41-27(21-38)33(46)40-26(18-19-37)32(45)39-22-30(44)50-29/h23-29,31H,8-22,37-38H2,1-7H3,(H,39,45)(H,40,46)(H,41,48)(H,42,47)/t24-,25+,26-,27-,28-,29+,31-/m0/s1. The Kier molecular flexibility index (Phi) is 21.5. The van der Waals surface area contributed by atoms with Gasteiger partial charge in [0, 0.05) is 13.6 Å². The third-order valence-electron chi connectivity index (χ3n) is 9.54. The molecule has 1 aliphatic heterocycles. The summed E-state index contributed by atoms with van der Waals surface area (Å²) in [5.74, 6) is -4.73. The lowest BCUT2D eigenvalue weighted by molar-refractivity contribution is -0.157. The second kappa shape index (κ2) is 24.0. The Hall–Kier alpha value is -3.26. The number of ether oxygens (including phenoxy) is 1. The molecule has 1 aliphatic rings. The van der Waals surface area contributed by atoms with Crippen molar-refractivity contribution in [2.45, 2.75) is 149 Å². The number of nitrogens with two attached hydrogens (primary N) is 2. The number of esters is 1. The second-order valence-corrected chi connectivity index (χ2v) is 14.2. The lowest BCUT2D eigenvalue weighted by Gasteiger charge is -2.34. The summed E-state index contributed by atoms with van der Waals surface area (Å²) in [4.78, 5) is 82.4. The van der Waals surface area contributed by atoms with Crippen molar-refractivity contribution in [2.24, 2.45) is 29.2 Å². The molecule has 0 radical (unpaired) electrons. The van der Waals surface area contributed by atoms with Gasteiger partial charge >= 0.3 is 5.97 Å². The normalized spacial score (nSPS) is 25.8. The van der Waals surface area contributed by atoms with Gasteiger partial charge in [-0.15, -0.1) is 0 Å². The van der Waals surface area contributed by atoms with Gasteiger partial charge in [0.2, 0.25) is 29.5 Å². The van der Waals surface area contributed by atoms with E-state index in [4.69, 9.17) is 16.2 Å². The zero-order chi connectivity index (χ0) is 37.8. The van der Waals surface area contributed by atoms with Gasteiger partial charge in [0.05, 0.1) is 5.92 Å². The van der Waals surface area contributed by atoms with E-state index in [1.807, 2.05) is 20.8 Å². The van der Waals surface area contributed by atoms with Gasteiger partial charge in [-0.25, -0.2) is 0 Å². The van der Waals surface area contributed by atoms with Gasteiger partial charge in [-0.3, -0.25) is 28.8 Å². The zero-order valence-electron chi connectivity index (χ0n) is 31.7. The van der Waals surface area contributed by atoms with Crippen LogP contribution in [0.1, 0.15) is 119 Å². The Labute approximate surface area is 299 Å². The van der Waals surface area contributed by atoms with E-state index < -0.39 is 72.3 Å². The Bertz CT molecular complexity index is 1090. The maximum atomic E-state index is 14.0. The summed E-state index contributed by atoms with van der Waals surface area (Å²) in [5.41, 5.74) is 11.6. The lowest BCUT2D eigenvalue weighted by Crippen LogP contribution is -2.61. The van der Waals surface area contributed by atoms with Crippen LogP contribution >= 0.6 is 0 Å². The molecule has 7 atom stereocenters. The minimum absolute atomic E-state index is 0.0233. The van der Waals surface area contributed by atoms with Crippen LogP contribution in [0, 0.1) is 17.8 Å². The van der Waals surface area contributed by atoms with E-state index in [2.05, 4.69) is 28.2 Å². The number of carbonyl (C=O) groups is 6. The van der Waals surface area contributed by atoms with Gasteiger partial charge in [-0.2, -0.15) is 0 Å². The molecular weight excluding hydrogens is 642 g/mol. The molecular formula is C36H67N7O7. The highest BCUT2D eigenvalue weighted by Gasteiger charge is 2.38. The highest BCUT2D eigenvalue weighted by atomic mass is 16.5. The molecule has 0 aromatic carbocycles. The predicted octanol–water partition coefficient (Wildman–Crippen LogP) is 1.88. The molecule has 8 N–H and O–H groups in total. The number of nitrogens with one attached hydrogen (secondary N) is 4. The van der Waals surface area contributed by atoms with E-state index in [0.29, 0.717) is 19.3 Å². The SMILES string of the molecule is CCCCCCCCCC[C@H]1OC(=O)CNC(=O)[C@H](CCN)NC(=O)[C@H](CN)NC(=O)[C@H]([C@@H](C)CC)NC(=O)[C@H](CC(C)C)N(C)C(=O)[C@@H]1C. The first-order valence-electron chi connectivity index (χ1n) is 18.8. The number of nitrogens with zero attached hydrogens (tertiary/aromatic N) is 1. The van der Waals surface area contributed by atoms with Crippen molar-refractivity contribution < 1.29 is 33.5 Å². The number of amides is 5. The maximum absolute atomic E-state index is 14.0. The number of hydrogen-bond donors (Lipinski definition) is 6. The van der Waals surface area contributed by atoms with Gasteiger partial charge in [-0.1, -0.05) is 92.9 Å². The Morgan fingerprint density at radius 2 is 1.38 bits per heavy atom. The van der Waals surface area contributed by atoms with Crippen molar-refractivity contribution in [3.05, 3.63) is 0 Å². The fraction of sp³-hybridized carbons (Fsp3) is 0.833. The van der Waals surface area contributed by atoms with E-state index in [1.165, 1.54) is 30.6 Å². The number of rotatable bonds is 16. The lowest BCUT2D eigenvalue weighted by atomic mass is 9.94. The van der Waals surface area contributed by atoms with Crippen molar-refractivity contribution in [1.29, 1.82) is 0 Å². The molecule has 0 saturated carbocycles. The summed E-state index contributed by atoms with van der Waals surface area (Å²) >= 11 is 0. The fourth-order valence-corrected chi connectivity index (χ4v) is 6.06. The van der Waals surface area contributed by atoms with Crippen LogP contribution in [0.15, 0.2) is 0 Å². The molecule has 5 amide bonds. The number of carbonyl (C=O) groups excluding carboxylic acids is 6. The predicted molar refractivity (Wildman–Crippen MR) is 193 cm³/mol. The van der Waals surface area contributed by atoms with E-state index in [9.17, 15) is 28.8 Å². The van der Waals surface area contributed by atoms with Crippen molar-refractivity contribution >= 4 is 35.5 Å². The first-order valence-corrected chi connectivity index (χ1v) is 18.8.